The van der Waals surface area contributed by atoms with E-state index < -0.39 is 0 Å². The Morgan fingerprint density at radius 1 is 0.694 bits per heavy atom. The van der Waals surface area contributed by atoms with Gasteiger partial charge in [0.05, 0.1) is 0 Å². The van der Waals surface area contributed by atoms with E-state index in [0.717, 1.165) is 6.42 Å². The highest BCUT2D eigenvalue weighted by atomic mass is 14.4. The summed E-state index contributed by atoms with van der Waals surface area (Å²) in [5.41, 5.74) is 11.2. The first-order valence-electron chi connectivity index (χ1n) is 13.1. The molecule has 0 nitrogen and oxygen atoms in total. The van der Waals surface area contributed by atoms with Gasteiger partial charge in [0, 0.05) is 11.3 Å². The maximum Gasteiger partial charge on any atom is 0.0155 e. The van der Waals surface area contributed by atoms with Crippen LogP contribution in [-0.2, 0) is 5.41 Å². The molecule has 174 valence electrons. The van der Waals surface area contributed by atoms with Crippen LogP contribution in [0.5, 0.6) is 0 Å². The van der Waals surface area contributed by atoms with Crippen molar-refractivity contribution in [3.63, 3.8) is 0 Å². The van der Waals surface area contributed by atoms with Crippen LogP contribution in [0.25, 0.3) is 38.2 Å². The van der Waals surface area contributed by atoms with E-state index >= 15 is 0 Å². The molecule has 0 aromatic heterocycles. The van der Waals surface area contributed by atoms with Crippen LogP contribution >= 0.6 is 0 Å². The summed E-state index contributed by atoms with van der Waals surface area (Å²) in [4.78, 5) is 0. The van der Waals surface area contributed by atoms with Crippen molar-refractivity contribution in [1.82, 2.24) is 0 Å². The fourth-order valence-electron chi connectivity index (χ4n) is 6.50. The second kappa shape index (κ2) is 7.80. The smallest absolute Gasteiger partial charge is 0.0155 e. The molecule has 2 aliphatic carbocycles. The molecule has 0 N–H and O–H groups in total. The summed E-state index contributed by atoms with van der Waals surface area (Å²) in [5.74, 6) is 0.417. The summed E-state index contributed by atoms with van der Waals surface area (Å²) in [6.07, 6.45) is 6.08. The van der Waals surface area contributed by atoms with E-state index in [0.29, 0.717) is 5.92 Å². The highest BCUT2D eigenvalue weighted by Crippen LogP contribution is 2.53. The zero-order valence-electron chi connectivity index (χ0n) is 21.2. The molecular weight excluding hydrogens is 432 g/mol. The van der Waals surface area contributed by atoms with Crippen molar-refractivity contribution in [2.45, 2.75) is 38.5 Å². The van der Waals surface area contributed by atoms with Gasteiger partial charge in [0.25, 0.3) is 0 Å². The average molecular weight is 463 g/mol. The molecule has 0 amide bonds. The van der Waals surface area contributed by atoms with Gasteiger partial charge in [-0.15, -0.1) is 0 Å². The van der Waals surface area contributed by atoms with Crippen LogP contribution in [0.2, 0.25) is 0 Å². The first-order valence-corrected chi connectivity index (χ1v) is 13.1. The van der Waals surface area contributed by atoms with E-state index in [1.54, 1.807) is 0 Å². The number of aryl methyl sites for hydroxylation is 1. The summed E-state index contributed by atoms with van der Waals surface area (Å²) in [7, 11) is 0. The maximum atomic E-state index is 2.55. The highest BCUT2D eigenvalue weighted by Gasteiger charge is 2.39. The Balaban J connectivity index is 1.27. The van der Waals surface area contributed by atoms with Crippen molar-refractivity contribution in [3.8, 4) is 11.1 Å². The Bertz CT molecular complexity index is 1720. The van der Waals surface area contributed by atoms with E-state index in [4.69, 9.17) is 0 Å². The lowest BCUT2D eigenvalue weighted by Gasteiger charge is -2.27. The number of hydrogen-bond acceptors (Lipinski definition) is 0. The highest BCUT2D eigenvalue weighted by molar-refractivity contribution is 6.13. The van der Waals surface area contributed by atoms with Crippen LogP contribution in [0, 0.1) is 6.92 Å². The summed E-state index contributed by atoms with van der Waals surface area (Å²) in [6.45, 7) is 6.97. The molecule has 0 spiro atoms. The summed E-state index contributed by atoms with van der Waals surface area (Å²) >= 11 is 0. The van der Waals surface area contributed by atoms with Crippen LogP contribution in [0.15, 0.2) is 115 Å². The zero-order valence-corrected chi connectivity index (χ0v) is 21.2. The van der Waals surface area contributed by atoms with E-state index in [1.807, 2.05) is 0 Å². The molecule has 2 aliphatic rings. The quantitative estimate of drug-likeness (QED) is 0.229. The monoisotopic (exact) mass is 462 g/mol. The Kier molecular flexibility index (Phi) is 4.63. The first kappa shape index (κ1) is 21.4. The number of hydrogen-bond donors (Lipinski definition) is 0. The predicted molar refractivity (Wildman–Crippen MR) is 155 cm³/mol. The average Bonchev–Trinajstić information content (AvgIpc) is 3.14. The van der Waals surface area contributed by atoms with E-state index in [9.17, 15) is 0 Å². The van der Waals surface area contributed by atoms with Crippen LogP contribution in [-0.4, -0.2) is 0 Å². The lowest BCUT2D eigenvalue weighted by atomic mass is 9.77. The van der Waals surface area contributed by atoms with Crippen molar-refractivity contribution in [2.75, 3.05) is 0 Å². The maximum absolute atomic E-state index is 2.55. The van der Waals surface area contributed by atoms with Gasteiger partial charge in [0.15, 0.2) is 0 Å². The molecule has 0 saturated heterocycles. The van der Waals surface area contributed by atoms with Crippen LogP contribution in [0.1, 0.15) is 48.4 Å². The normalized spacial score (nSPS) is 18.0. The fraction of sp³-hybridized carbons (Fsp3) is 0.167. The van der Waals surface area contributed by atoms with Crippen molar-refractivity contribution in [3.05, 3.63) is 137 Å². The molecule has 36 heavy (non-hydrogen) atoms. The lowest BCUT2D eigenvalue weighted by Crippen LogP contribution is -2.17. The summed E-state index contributed by atoms with van der Waals surface area (Å²) in [6, 6.07) is 36.1. The SMILES string of the molecule is Cc1ccc2c(c1)C(C)(C)C1=CC(c3ccc(-c4cc5ccccc5c5ccccc45)cc3)CC=C12. The topological polar surface area (TPSA) is 0 Å². The van der Waals surface area contributed by atoms with Crippen LogP contribution in [0.4, 0.5) is 0 Å². The van der Waals surface area contributed by atoms with Crippen LogP contribution < -0.4 is 0 Å². The van der Waals surface area contributed by atoms with Gasteiger partial charge in [0.2, 0.25) is 0 Å². The minimum Gasteiger partial charge on any atom is -0.0754 e. The Morgan fingerprint density at radius 2 is 1.42 bits per heavy atom. The minimum atomic E-state index is 0.0514. The Hall–Kier alpha value is -3.90. The van der Waals surface area contributed by atoms with E-state index in [1.165, 1.54) is 66.1 Å². The molecule has 0 aliphatic heterocycles. The number of benzene rings is 5. The van der Waals surface area contributed by atoms with Gasteiger partial charge in [-0.2, -0.15) is 0 Å². The van der Waals surface area contributed by atoms with Gasteiger partial charge >= 0.3 is 0 Å². The second-order valence-corrected chi connectivity index (χ2v) is 11.0. The van der Waals surface area contributed by atoms with Crippen molar-refractivity contribution < 1.29 is 0 Å². The largest absolute Gasteiger partial charge is 0.0754 e. The number of rotatable bonds is 2. The molecule has 0 bridgehead atoms. The number of fused-ring (bicyclic) bond motifs is 6. The van der Waals surface area contributed by atoms with Crippen LogP contribution in [0.3, 0.4) is 0 Å². The minimum absolute atomic E-state index is 0.0514. The Labute approximate surface area is 213 Å². The molecule has 0 radical (unpaired) electrons. The lowest BCUT2D eigenvalue weighted by molar-refractivity contribution is 0.647. The standard InChI is InChI=1S/C36H30/c1-23-12-18-31-32-19-17-26(22-35(32)36(2,3)34(31)20-23)24-13-15-25(16-14-24)33-21-27-8-4-5-9-28(27)29-10-6-7-11-30(29)33/h4-16,18-22,26H,17H2,1-3H3. The molecule has 0 heteroatoms. The van der Waals surface area contributed by atoms with E-state index in [2.05, 4.69) is 130 Å². The Morgan fingerprint density at radius 3 is 2.22 bits per heavy atom. The van der Waals surface area contributed by atoms with Gasteiger partial charge in [-0.25, -0.2) is 0 Å². The molecule has 0 saturated carbocycles. The zero-order chi connectivity index (χ0) is 24.4. The molecule has 0 fully saturated rings. The number of allylic oxidation sites excluding steroid dienone is 4. The summed E-state index contributed by atoms with van der Waals surface area (Å²) < 4.78 is 0. The van der Waals surface area contributed by atoms with E-state index in [-0.39, 0.29) is 5.41 Å². The second-order valence-electron chi connectivity index (χ2n) is 11.0. The van der Waals surface area contributed by atoms with Gasteiger partial charge in [-0.3, -0.25) is 0 Å². The predicted octanol–water partition coefficient (Wildman–Crippen LogP) is 9.76. The third-order valence-corrected chi connectivity index (χ3v) is 8.46. The molecule has 5 aromatic carbocycles. The van der Waals surface area contributed by atoms with Crippen molar-refractivity contribution >= 4 is 27.1 Å². The molecule has 1 atom stereocenters. The summed E-state index contributed by atoms with van der Waals surface area (Å²) in [5, 5.41) is 5.25. The van der Waals surface area contributed by atoms with Gasteiger partial charge < -0.3 is 0 Å². The molecule has 1 unspecified atom stereocenters. The van der Waals surface area contributed by atoms with Crippen molar-refractivity contribution in [2.24, 2.45) is 0 Å². The third-order valence-electron chi connectivity index (χ3n) is 8.46. The fourth-order valence-corrected chi connectivity index (χ4v) is 6.50. The first-order chi connectivity index (χ1) is 17.5. The third kappa shape index (κ3) is 3.14. The molecule has 7 rings (SSSR count). The van der Waals surface area contributed by atoms with Gasteiger partial charge in [-0.05, 0) is 79.9 Å². The van der Waals surface area contributed by atoms with Crippen molar-refractivity contribution in [1.29, 1.82) is 0 Å². The molecule has 0 heterocycles. The van der Waals surface area contributed by atoms with Gasteiger partial charge in [-0.1, -0.05) is 123 Å². The molecular formula is C36H30. The van der Waals surface area contributed by atoms with Gasteiger partial charge in [0.1, 0.15) is 0 Å². The molecule has 5 aromatic rings.